The highest BCUT2D eigenvalue weighted by atomic mass is 16.3. The zero-order chi connectivity index (χ0) is 13.4. The van der Waals surface area contributed by atoms with Crippen molar-refractivity contribution < 1.29 is 9.90 Å². The Labute approximate surface area is 108 Å². The van der Waals surface area contributed by atoms with Crippen LogP contribution in [0.15, 0.2) is 24.5 Å². The van der Waals surface area contributed by atoms with Crippen LogP contribution in [0.4, 0.5) is 4.79 Å². The fourth-order valence-electron chi connectivity index (χ4n) is 1.80. The highest BCUT2D eigenvalue weighted by Gasteiger charge is 2.12. The van der Waals surface area contributed by atoms with Crippen LogP contribution in [0.3, 0.4) is 0 Å². The van der Waals surface area contributed by atoms with Crippen LogP contribution in [0, 0.1) is 5.92 Å². The predicted octanol–water partition coefficient (Wildman–Crippen LogP) is 1.19. The molecule has 2 amide bonds. The van der Waals surface area contributed by atoms with Crippen molar-refractivity contribution >= 4 is 6.03 Å². The van der Waals surface area contributed by atoms with E-state index in [2.05, 4.69) is 24.5 Å². The molecule has 0 saturated carbocycles. The second-order valence-electron chi connectivity index (χ2n) is 4.83. The lowest BCUT2D eigenvalue weighted by atomic mass is 10.0. The summed E-state index contributed by atoms with van der Waals surface area (Å²) in [5.74, 6) is 0.447. The summed E-state index contributed by atoms with van der Waals surface area (Å²) in [6.45, 7) is 5.42. The molecule has 0 saturated heterocycles. The zero-order valence-corrected chi connectivity index (χ0v) is 11.1. The Morgan fingerprint density at radius 3 is 2.56 bits per heavy atom. The van der Waals surface area contributed by atoms with Gasteiger partial charge in [0, 0.05) is 25.5 Å². The number of carbonyl (C=O) groups is 1. The van der Waals surface area contributed by atoms with E-state index in [4.69, 9.17) is 5.11 Å². The molecule has 5 heteroatoms. The van der Waals surface area contributed by atoms with E-state index in [1.54, 1.807) is 0 Å². The molecule has 1 rings (SSSR count). The topological polar surface area (TPSA) is 66.3 Å². The molecule has 1 atom stereocenters. The van der Waals surface area contributed by atoms with Crippen LogP contribution < -0.4 is 10.6 Å². The lowest BCUT2D eigenvalue weighted by molar-refractivity contribution is 0.206. The highest BCUT2D eigenvalue weighted by molar-refractivity contribution is 5.74. The van der Waals surface area contributed by atoms with Gasteiger partial charge >= 0.3 is 6.03 Å². The number of nitrogens with zero attached hydrogens (tertiary/aromatic N) is 1. The van der Waals surface area contributed by atoms with E-state index in [1.165, 1.54) is 0 Å². The van der Waals surface area contributed by atoms with Gasteiger partial charge in [0.2, 0.25) is 0 Å². The molecule has 1 unspecified atom stereocenters. The van der Waals surface area contributed by atoms with Gasteiger partial charge in [-0.15, -0.1) is 0 Å². The van der Waals surface area contributed by atoms with E-state index < -0.39 is 0 Å². The van der Waals surface area contributed by atoms with Crippen LogP contribution in [-0.2, 0) is 6.54 Å². The molecule has 0 radical (unpaired) electrons. The molecule has 0 bridgehead atoms. The van der Waals surface area contributed by atoms with Gasteiger partial charge in [0.1, 0.15) is 0 Å². The first-order chi connectivity index (χ1) is 8.61. The minimum absolute atomic E-state index is 0.0246. The summed E-state index contributed by atoms with van der Waals surface area (Å²) in [5, 5.41) is 14.7. The number of aromatic nitrogens is 1. The van der Waals surface area contributed by atoms with E-state index in [9.17, 15) is 4.79 Å². The maximum atomic E-state index is 11.6. The van der Waals surface area contributed by atoms with Crippen molar-refractivity contribution in [3.05, 3.63) is 24.5 Å². The van der Waals surface area contributed by atoms with E-state index in [0.29, 0.717) is 12.5 Å². The first kappa shape index (κ1) is 14.6. The van der Waals surface area contributed by atoms with Gasteiger partial charge in [0.25, 0.3) is 0 Å². The number of hydrogen-bond acceptors (Lipinski definition) is 2. The molecule has 3 N–H and O–H groups in total. The average molecular weight is 253 g/mol. The molecule has 0 fully saturated rings. The fourth-order valence-corrected chi connectivity index (χ4v) is 1.80. The maximum absolute atomic E-state index is 11.6. The summed E-state index contributed by atoms with van der Waals surface area (Å²) in [7, 11) is 0. The Balaban J connectivity index is 2.19. The SMILES string of the molecule is CC(C)CC(CO)NC(=O)NCCn1cccc1. The molecule has 1 aromatic rings. The minimum atomic E-state index is -0.221. The summed E-state index contributed by atoms with van der Waals surface area (Å²) < 4.78 is 2.00. The van der Waals surface area contributed by atoms with Crippen molar-refractivity contribution in [3.8, 4) is 0 Å². The molecule has 0 aliphatic heterocycles. The molecule has 18 heavy (non-hydrogen) atoms. The molecule has 0 aliphatic rings. The van der Waals surface area contributed by atoms with E-state index in [0.717, 1.165) is 13.0 Å². The molecular formula is C13H23N3O2. The average Bonchev–Trinajstić information content (AvgIpc) is 2.80. The second-order valence-corrected chi connectivity index (χ2v) is 4.83. The Bertz CT molecular complexity index is 336. The largest absolute Gasteiger partial charge is 0.394 e. The van der Waals surface area contributed by atoms with Gasteiger partial charge in [-0.25, -0.2) is 4.79 Å². The summed E-state index contributed by atoms with van der Waals surface area (Å²) in [5.41, 5.74) is 0. The molecule has 1 heterocycles. The first-order valence-electron chi connectivity index (χ1n) is 6.37. The number of urea groups is 1. The summed E-state index contributed by atoms with van der Waals surface area (Å²) in [4.78, 5) is 11.6. The maximum Gasteiger partial charge on any atom is 0.315 e. The van der Waals surface area contributed by atoms with Crippen LogP contribution >= 0.6 is 0 Å². The highest BCUT2D eigenvalue weighted by Crippen LogP contribution is 2.03. The van der Waals surface area contributed by atoms with Crippen molar-refractivity contribution in [1.29, 1.82) is 0 Å². The van der Waals surface area contributed by atoms with E-state index in [-0.39, 0.29) is 18.7 Å². The smallest absolute Gasteiger partial charge is 0.315 e. The molecular weight excluding hydrogens is 230 g/mol. The Hall–Kier alpha value is -1.49. The Morgan fingerprint density at radius 2 is 2.00 bits per heavy atom. The summed E-state index contributed by atoms with van der Waals surface area (Å²) >= 11 is 0. The number of rotatable bonds is 7. The van der Waals surface area contributed by atoms with Gasteiger partial charge in [0.15, 0.2) is 0 Å². The van der Waals surface area contributed by atoms with E-state index >= 15 is 0 Å². The second kappa shape index (κ2) is 7.76. The summed E-state index contributed by atoms with van der Waals surface area (Å²) in [6.07, 6.45) is 4.69. The van der Waals surface area contributed by atoms with Crippen molar-refractivity contribution in [3.63, 3.8) is 0 Å². The lowest BCUT2D eigenvalue weighted by Gasteiger charge is -2.18. The van der Waals surface area contributed by atoms with Crippen molar-refractivity contribution in [2.45, 2.75) is 32.9 Å². The molecule has 102 valence electrons. The molecule has 0 aromatic carbocycles. The first-order valence-corrected chi connectivity index (χ1v) is 6.37. The molecule has 1 aromatic heterocycles. The van der Waals surface area contributed by atoms with Crippen molar-refractivity contribution in [2.75, 3.05) is 13.2 Å². The van der Waals surface area contributed by atoms with Crippen LogP contribution in [0.5, 0.6) is 0 Å². The zero-order valence-electron chi connectivity index (χ0n) is 11.1. The molecule has 5 nitrogen and oxygen atoms in total. The lowest BCUT2D eigenvalue weighted by Crippen LogP contribution is -2.45. The van der Waals surface area contributed by atoms with Crippen LogP contribution in [0.25, 0.3) is 0 Å². The third-order valence-corrected chi connectivity index (χ3v) is 2.63. The number of carbonyl (C=O) groups excluding carboxylic acids is 1. The number of hydrogen-bond donors (Lipinski definition) is 3. The van der Waals surface area contributed by atoms with Gasteiger partial charge in [-0.3, -0.25) is 0 Å². The fraction of sp³-hybridized carbons (Fsp3) is 0.615. The monoisotopic (exact) mass is 253 g/mol. The minimum Gasteiger partial charge on any atom is -0.394 e. The van der Waals surface area contributed by atoms with Crippen molar-refractivity contribution in [2.24, 2.45) is 5.92 Å². The van der Waals surface area contributed by atoms with Gasteiger partial charge in [-0.2, -0.15) is 0 Å². The standard InChI is InChI=1S/C13H23N3O2/c1-11(2)9-12(10-17)15-13(18)14-5-8-16-6-3-4-7-16/h3-4,6-7,11-12,17H,5,8-10H2,1-2H3,(H2,14,15,18). The quantitative estimate of drug-likeness (QED) is 0.683. The Morgan fingerprint density at radius 1 is 1.33 bits per heavy atom. The van der Waals surface area contributed by atoms with Crippen LogP contribution in [0.2, 0.25) is 0 Å². The van der Waals surface area contributed by atoms with Crippen molar-refractivity contribution in [1.82, 2.24) is 15.2 Å². The third-order valence-electron chi connectivity index (χ3n) is 2.63. The number of aliphatic hydroxyl groups excluding tert-OH is 1. The third kappa shape index (κ3) is 5.72. The van der Waals surface area contributed by atoms with Crippen LogP contribution in [-0.4, -0.2) is 34.9 Å². The van der Waals surface area contributed by atoms with Crippen LogP contribution in [0.1, 0.15) is 20.3 Å². The number of aliphatic hydroxyl groups is 1. The molecule has 0 aliphatic carbocycles. The number of amides is 2. The molecule has 0 spiro atoms. The Kier molecular flexibility index (Phi) is 6.28. The van der Waals surface area contributed by atoms with Gasteiger partial charge in [-0.05, 0) is 24.5 Å². The van der Waals surface area contributed by atoms with Gasteiger partial charge in [0.05, 0.1) is 12.6 Å². The van der Waals surface area contributed by atoms with E-state index in [1.807, 2.05) is 29.1 Å². The van der Waals surface area contributed by atoms with Gasteiger partial charge in [-0.1, -0.05) is 13.8 Å². The number of nitrogens with one attached hydrogen (secondary N) is 2. The predicted molar refractivity (Wildman–Crippen MR) is 71.3 cm³/mol. The summed E-state index contributed by atoms with van der Waals surface area (Å²) in [6, 6.07) is 3.51. The van der Waals surface area contributed by atoms with Gasteiger partial charge < -0.3 is 20.3 Å². The normalized spacial score (nSPS) is 12.4.